The van der Waals surface area contributed by atoms with Gasteiger partial charge in [-0.25, -0.2) is 0 Å². The first kappa shape index (κ1) is 20.0. The Morgan fingerprint density at radius 1 is 1.22 bits per heavy atom. The van der Waals surface area contributed by atoms with Gasteiger partial charge in [0.25, 0.3) is 5.91 Å². The molecule has 0 saturated carbocycles. The summed E-state index contributed by atoms with van der Waals surface area (Å²) in [5.74, 6) is 1.05. The highest BCUT2D eigenvalue weighted by molar-refractivity contribution is 5.85. The zero-order valence-corrected chi connectivity index (χ0v) is 16.8. The quantitative estimate of drug-likeness (QED) is 0.826. The van der Waals surface area contributed by atoms with Crippen LogP contribution in [0.15, 0.2) is 12.1 Å². The number of carbonyl (C=O) groups is 2. The third-order valence-electron chi connectivity index (χ3n) is 5.90. The maximum Gasteiger partial charge on any atom is 0.264 e. The van der Waals surface area contributed by atoms with Gasteiger partial charge < -0.3 is 19.9 Å². The molecule has 6 nitrogen and oxygen atoms in total. The summed E-state index contributed by atoms with van der Waals surface area (Å²) in [5.41, 5.74) is 3.54. The van der Waals surface area contributed by atoms with Gasteiger partial charge in [-0.1, -0.05) is 6.07 Å². The van der Waals surface area contributed by atoms with Crippen molar-refractivity contribution in [1.29, 1.82) is 0 Å². The standard InChI is InChI=1S/C20H27N3O3.ClH/c1-13-8-15-10-18(26-17(15)9-14(13)2)20(25)22-6-3-4-16(12-22)23-7-5-21-11-19(23)24;/h8-9,16,18,21H,3-7,10-12H2,1-2H3;1H. The van der Waals surface area contributed by atoms with Crippen LogP contribution >= 0.6 is 12.4 Å². The van der Waals surface area contributed by atoms with E-state index in [4.69, 9.17) is 4.74 Å². The van der Waals surface area contributed by atoms with Crippen LogP contribution < -0.4 is 10.1 Å². The van der Waals surface area contributed by atoms with E-state index in [9.17, 15) is 9.59 Å². The molecule has 2 unspecified atom stereocenters. The van der Waals surface area contributed by atoms with E-state index in [0.717, 1.165) is 43.8 Å². The molecule has 1 aromatic rings. The molecule has 0 spiro atoms. The Balaban J connectivity index is 0.00000210. The number of halogens is 1. The number of nitrogens with zero attached hydrogens (tertiary/aromatic N) is 2. The van der Waals surface area contributed by atoms with E-state index in [1.54, 1.807) is 0 Å². The van der Waals surface area contributed by atoms with Gasteiger partial charge in [0.1, 0.15) is 5.75 Å². The number of hydrogen-bond acceptors (Lipinski definition) is 4. The molecular formula is C20H28ClN3O3. The summed E-state index contributed by atoms with van der Waals surface area (Å²) in [6, 6.07) is 4.31. The lowest BCUT2D eigenvalue weighted by molar-refractivity contribution is -0.144. The lowest BCUT2D eigenvalue weighted by atomic mass is 10.0. The first-order valence-electron chi connectivity index (χ1n) is 9.58. The summed E-state index contributed by atoms with van der Waals surface area (Å²) in [7, 11) is 0. The SMILES string of the molecule is Cc1cc2c(cc1C)OC(C(=O)N1CCCC(N3CCNCC3=O)C1)C2.Cl. The zero-order chi connectivity index (χ0) is 18.3. The second-order valence-electron chi connectivity index (χ2n) is 7.70. The molecule has 3 heterocycles. The van der Waals surface area contributed by atoms with Crippen LogP contribution in [0.3, 0.4) is 0 Å². The first-order chi connectivity index (χ1) is 12.5. The van der Waals surface area contributed by atoms with Crippen molar-refractivity contribution in [3.63, 3.8) is 0 Å². The van der Waals surface area contributed by atoms with Crippen LogP contribution in [0.25, 0.3) is 0 Å². The third kappa shape index (κ3) is 3.92. The van der Waals surface area contributed by atoms with E-state index in [0.29, 0.717) is 19.5 Å². The van der Waals surface area contributed by atoms with E-state index in [1.165, 1.54) is 11.1 Å². The van der Waals surface area contributed by atoms with Gasteiger partial charge in [0.2, 0.25) is 5.91 Å². The van der Waals surface area contributed by atoms with Gasteiger partial charge in [-0.15, -0.1) is 12.4 Å². The number of piperazine rings is 1. The fourth-order valence-electron chi connectivity index (χ4n) is 4.27. The van der Waals surface area contributed by atoms with Crippen molar-refractivity contribution in [1.82, 2.24) is 15.1 Å². The van der Waals surface area contributed by atoms with Gasteiger partial charge in [-0.05, 0) is 49.4 Å². The van der Waals surface area contributed by atoms with Crippen LogP contribution in [0.1, 0.15) is 29.5 Å². The molecule has 2 amide bonds. The molecule has 0 aromatic heterocycles. The number of hydrogen-bond donors (Lipinski definition) is 1. The van der Waals surface area contributed by atoms with E-state index < -0.39 is 6.10 Å². The number of carbonyl (C=O) groups excluding carboxylic acids is 2. The summed E-state index contributed by atoms with van der Waals surface area (Å²) in [5, 5.41) is 3.11. The molecular weight excluding hydrogens is 366 g/mol. The number of fused-ring (bicyclic) bond motifs is 1. The highest BCUT2D eigenvalue weighted by Crippen LogP contribution is 2.32. The summed E-state index contributed by atoms with van der Waals surface area (Å²) in [6.45, 7) is 7.50. The third-order valence-corrected chi connectivity index (χ3v) is 5.90. The minimum Gasteiger partial charge on any atom is -0.480 e. The molecule has 4 rings (SSSR count). The Morgan fingerprint density at radius 2 is 2.00 bits per heavy atom. The molecule has 7 heteroatoms. The average molecular weight is 394 g/mol. The van der Waals surface area contributed by atoms with Crippen LogP contribution in [0.2, 0.25) is 0 Å². The molecule has 0 bridgehead atoms. The van der Waals surface area contributed by atoms with E-state index in [1.807, 2.05) is 15.9 Å². The molecule has 2 saturated heterocycles. The van der Waals surface area contributed by atoms with Gasteiger partial charge in [-0.3, -0.25) is 9.59 Å². The maximum absolute atomic E-state index is 13.0. The number of piperidine rings is 1. The Bertz CT molecular complexity index is 708. The zero-order valence-electron chi connectivity index (χ0n) is 16.0. The smallest absolute Gasteiger partial charge is 0.264 e. The van der Waals surface area contributed by atoms with Gasteiger partial charge in [-0.2, -0.15) is 0 Å². The van der Waals surface area contributed by atoms with Crippen LogP contribution in [0.5, 0.6) is 5.75 Å². The number of benzene rings is 1. The van der Waals surface area contributed by atoms with Crippen molar-refractivity contribution >= 4 is 24.2 Å². The number of ether oxygens (including phenoxy) is 1. The Morgan fingerprint density at radius 3 is 2.78 bits per heavy atom. The van der Waals surface area contributed by atoms with Gasteiger partial charge in [0, 0.05) is 38.6 Å². The highest BCUT2D eigenvalue weighted by atomic mass is 35.5. The molecule has 27 heavy (non-hydrogen) atoms. The summed E-state index contributed by atoms with van der Waals surface area (Å²) >= 11 is 0. The molecule has 1 aromatic carbocycles. The van der Waals surface area contributed by atoms with E-state index >= 15 is 0 Å². The number of aryl methyl sites for hydroxylation is 2. The fourth-order valence-corrected chi connectivity index (χ4v) is 4.27. The number of likely N-dealkylation sites (tertiary alicyclic amines) is 1. The Labute approximate surface area is 166 Å². The fraction of sp³-hybridized carbons (Fsp3) is 0.600. The second-order valence-corrected chi connectivity index (χ2v) is 7.70. The molecule has 2 atom stereocenters. The monoisotopic (exact) mass is 393 g/mol. The van der Waals surface area contributed by atoms with Crippen LogP contribution in [0, 0.1) is 13.8 Å². The van der Waals surface area contributed by atoms with E-state index in [2.05, 4.69) is 25.2 Å². The highest BCUT2D eigenvalue weighted by Gasteiger charge is 2.37. The van der Waals surface area contributed by atoms with Crippen molar-refractivity contribution in [2.75, 3.05) is 32.7 Å². The predicted molar refractivity (Wildman–Crippen MR) is 105 cm³/mol. The molecule has 1 N–H and O–H groups in total. The molecule has 2 fully saturated rings. The topological polar surface area (TPSA) is 61.9 Å². The van der Waals surface area contributed by atoms with Crippen molar-refractivity contribution < 1.29 is 14.3 Å². The second kappa shape index (κ2) is 8.07. The predicted octanol–water partition coefficient (Wildman–Crippen LogP) is 1.45. The van der Waals surface area contributed by atoms with Crippen molar-refractivity contribution in [3.8, 4) is 5.75 Å². The van der Waals surface area contributed by atoms with Gasteiger partial charge in [0.05, 0.1) is 6.54 Å². The normalized spacial score (nSPS) is 24.9. The Kier molecular flexibility index (Phi) is 5.96. The maximum atomic E-state index is 13.0. The van der Waals surface area contributed by atoms with Gasteiger partial charge in [0.15, 0.2) is 6.10 Å². The largest absolute Gasteiger partial charge is 0.480 e. The van der Waals surface area contributed by atoms with Crippen LogP contribution in [-0.2, 0) is 16.0 Å². The molecule has 148 valence electrons. The van der Waals surface area contributed by atoms with Crippen molar-refractivity contribution in [2.24, 2.45) is 0 Å². The summed E-state index contributed by atoms with van der Waals surface area (Å²) < 4.78 is 5.98. The van der Waals surface area contributed by atoms with Crippen molar-refractivity contribution in [2.45, 2.75) is 45.3 Å². The number of nitrogens with one attached hydrogen (secondary N) is 1. The first-order valence-corrected chi connectivity index (χ1v) is 9.58. The molecule has 3 aliphatic rings. The summed E-state index contributed by atoms with van der Waals surface area (Å²) in [4.78, 5) is 29.1. The van der Waals surface area contributed by atoms with Crippen LogP contribution in [-0.4, -0.2) is 66.5 Å². The molecule has 3 aliphatic heterocycles. The Hall–Kier alpha value is -1.79. The average Bonchev–Trinajstić information content (AvgIpc) is 3.04. The molecule has 0 radical (unpaired) electrons. The minimum absolute atomic E-state index is 0. The number of amides is 2. The number of rotatable bonds is 2. The van der Waals surface area contributed by atoms with E-state index in [-0.39, 0.29) is 30.3 Å². The summed E-state index contributed by atoms with van der Waals surface area (Å²) in [6.07, 6.45) is 2.12. The lowest BCUT2D eigenvalue weighted by Crippen LogP contribution is -2.58. The molecule has 0 aliphatic carbocycles. The lowest BCUT2D eigenvalue weighted by Gasteiger charge is -2.41. The minimum atomic E-state index is -0.427. The van der Waals surface area contributed by atoms with Crippen molar-refractivity contribution in [3.05, 3.63) is 28.8 Å². The van der Waals surface area contributed by atoms with Crippen LogP contribution in [0.4, 0.5) is 0 Å². The van der Waals surface area contributed by atoms with Gasteiger partial charge >= 0.3 is 0 Å².